The number of hydrogen-bond acceptors (Lipinski definition) is 2. The second-order valence-corrected chi connectivity index (χ2v) is 4.08. The lowest BCUT2D eigenvalue weighted by Crippen LogP contribution is -2.01. The molecule has 80 valence electrons. The lowest BCUT2D eigenvalue weighted by atomic mass is 10.1. The minimum Gasteiger partial charge on any atom is -0.492 e. The summed E-state index contributed by atoms with van der Waals surface area (Å²) in [5.41, 5.74) is 0.773. The largest absolute Gasteiger partial charge is 0.492 e. The maximum Gasteiger partial charge on any atom is 0.126 e. The highest BCUT2D eigenvalue weighted by Crippen LogP contribution is 2.28. The van der Waals surface area contributed by atoms with Gasteiger partial charge in [-0.2, -0.15) is 0 Å². The highest BCUT2D eigenvalue weighted by atomic mass is 79.9. The number of terminal acetylenes is 1. The molecule has 0 fully saturated rings. The molecule has 0 saturated heterocycles. The Kier molecular flexibility index (Phi) is 4.67. The SMILES string of the molecule is C#CCCOc1cc(Br)ccc1[C@@H](C)O. The number of rotatable bonds is 4. The van der Waals surface area contributed by atoms with Crippen LogP contribution in [-0.2, 0) is 0 Å². The second-order valence-electron chi connectivity index (χ2n) is 3.16. The van der Waals surface area contributed by atoms with Crippen LogP contribution in [0.1, 0.15) is 25.0 Å². The Morgan fingerprint density at radius 3 is 2.93 bits per heavy atom. The van der Waals surface area contributed by atoms with E-state index in [4.69, 9.17) is 11.2 Å². The molecule has 1 N–H and O–H groups in total. The van der Waals surface area contributed by atoms with Crippen molar-refractivity contribution in [1.29, 1.82) is 0 Å². The van der Waals surface area contributed by atoms with E-state index in [1.807, 2.05) is 18.2 Å². The van der Waals surface area contributed by atoms with Crippen molar-refractivity contribution in [3.63, 3.8) is 0 Å². The molecule has 0 aliphatic rings. The van der Waals surface area contributed by atoms with E-state index in [2.05, 4.69) is 21.9 Å². The standard InChI is InChI=1S/C12H13BrO2/c1-3-4-7-15-12-8-10(13)5-6-11(12)9(2)14/h1,5-6,8-9,14H,4,7H2,2H3/t9-/m1/s1. The van der Waals surface area contributed by atoms with Crippen LogP contribution < -0.4 is 4.74 Å². The van der Waals surface area contributed by atoms with E-state index < -0.39 is 6.10 Å². The zero-order valence-corrected chi connectivity index (χ0v) is 10.1. The molecule has 2 nitrogen and oxygen atoms in total. The summed E-state index contributed by atoms with van der Waals surface area (Å²) in [6.07, 6.45) is 5.15. The van der Waals surface area contributed by atoms with Crippen molar-refractivity contribution in [3.05, 3.63) is 28.2 Å². The van der Waals surface area contributed by atoms with Gasteiger partial charge in [0, 0.05) is 16.5 Å². The molecule has 1 rings (SSSR count). The molecule has 0 spiro atoms. The Hall–Kier alpha value is -0.980. The number of aliphatic hydroxyl groups excluding tert-OH is 1. The third kappa shape index (κ3) is 3.58. The van der Waals surface area contributed by atoms with Gasteiger partial charge in [0.1, 0.15) is 5.75 Å². The Morgan fingerprint density at radius 2 is 2.33 bits per heavy atom. The number of benzene rings is 1. The van der Waals surface area contributed by atoms with Gasteiger partial charge < -0.3 is 9.84 Å². The molecule has 0 unspecified atom stereocenters. The molecular weight excluding hydrogens is 256 g/mol. The molecule has 0 amide bonds. The van der Waals surface area contributed by atoms with Crippen LogP contribution in [0.15, 0.2) is 22.7 Å². The van der Waals surface area contributed by atoms with Crippen molar-refractivity contribution in [2.75, 3.05) is 6.61 Å². The van der Waals surface area contributed by atoms with E-state index in [1.165, 1.54) is 0 Å². The van der Waals surface area contributed by atoms with E-state index >= 15 is 0 Å². The van der Waals surface area contributed by atoms with Crippen LogP contribution in [0.3, 0.4) is 0 Å². The first kappa shape index (κ1) is 12.1. The van der Waals surface area contributed by atoms with E-state index in [0.29, 0.717) is 18.8 Å². The summed E-state index contributed by atoms with van der Waals surface area (Å²) < 4.78 is 6.41. The van der Waals surface area contributed by atoms with Gasteiger partial charge >= 0.3 is 0 Å². The van der Waals surface area contributed by atoms with E-state index in [9.17, 15) is 5.11 Å². The van der Waals surface area contributed by atoms with Crippen LogP contribution in [0.2, 0.25) is 0 Å². The minimum atomic E-state index is -0.543. The fourth-order valence-electron chi connectivity index (χ4n) is 1.20. The number of halogens is 1. The highest BCUT2D eigenvalue weighted by molar-refractivity contribution is 9.10. The van der Waals surface area contributed by atoms with Gasteiger partial charge in [-0.3, -0.25) is 0 Å². The van der Waals surface area contributed by atoms with Gasteiger partial charge in [-0.25, -0.2) is 0 Å². The predicted octanol–water partition coefficient (Wildman–Crippen LogP) is 2.90. The van der Waals surface area contributed by atoms with Crippen molar-refractivity contribution in [1.82, 2.24) is 0 Å². The summed E-state index contributed by atoms with van der Waals surface area (Å²) >= 11 is 3.35. The summed E-state index contributed by atoms with van der Waals surface area (Å²) in [6, 6.07) is 5.54. The van der Waals surface area contributed by atoms with Gasteiger partial charge in [0.25, 0.3) is 0 Å². The lowest BCUT2D eigenvalue weighted by molar-refractivity contribution is 0.191. The van der Waals surface area contributed by atoms with Crippen LogP contribution in [0, 0.1) is 12.3 Å². The van der Waals surface area contributed by atoms with Crippen molar-refractivity contribution in [2.24, 2.45) is 0 Å². The second kappa shape index (κ2) is 5.79. The van der Waals surface area contributed by atoms with E-state index in [1.54, 1.807) is 6.92 Å². The van der Waals surface area contributed by atoms with Gasteiger partial charge in [-0.15, -0.1) is 12.3 Å². The summed E-state index contributed by atoms with van der Waals surface area (Å²) in [5.74, 6) is 3.18. The first-order valence-electron chi connectivity index (χ1n) is 4.69. The average Bonchev–Trinajstić information content (AvgIpc) is 2.18. The fourth-order valence-corrected chi connectivity index (χ4v) is 1.54. The number of hydrogen-bond donors (Lipinski definition) is 1. The lowest BCUT2D eigenvalue weighted by Gasteiger charge is -2.13. The minimum absolute atomic E-state index is 0.465. The third-order valence-corrected chi connectivity index (χ3v) is 2.42. The van der Waals surface area contributed by atoms with E-state index in [-0.39, 0.29) is 0 Å². The third-order valence-electron chi connectivity index (χ3n) is 1.93. The van der Waals surface area contributed by atoms with Crippen LogP contribution in [-0.4, -0.2) is 11.7 Å². The summed E-state index contributed by atoms with van der Waals surface area (Å²) in [4.78, 5) is 0. The zero-order chi connectivity index (χ0) is 11.3. The maximum atomic E-state index is 9.52. The normalized spacial score (nSPS) is 11.9. The van der Waals surface area contributed by atoms with Crippen molar-refractivity contribution < 1.29 is 9.84 Å². The van der Waals surface area contributed by atoms with Crippen LogP contribution in [0.25, 0.3) is 0 Å². The predicted molar refractivity (Wildman–Crippen MR) is 63.7 cm³/mol. The molecule has 1 aromatic rings. The fraction of sp³-hybridized carbons (Fsp3) is 0.333. The molecule has 0 aliphatic heterocycles. The van der Waals surface area contributed by atoms with Crippen molar-refractivity contribution in [3.8, 4) is 18.1 Å². The molecule has 0 saturated carbocycles. The molecule has 0 aliphatic carbocycles. The highest BCUT2D eigenvalue weighted by Gasteiger charge is 2.09. The maximum absolute atomic E-state index is 9.52. The van der Waals surface area contributed by atoms with Gasteiger partial charge in [-0.05, 0) is 19.1 Å². The molecule has 0 heterocycles. The molecule has 0 bridgehead atoms. The van der Waals surface area contributed by atoms with Crippen molar-refractivity contribution >= 4 is 15.9 Å². The first-order chi connectivity index (χ1) is 7.15. The first-order valence-corrected chi connectivity index (χ1v) is 5.48. The Labute approximate surface area is 98.4 Å². The topological polar surface area (TPSA) is 29.5 Å². The van der Waals surface area contributed by atoms with Crippen LogP contribution in [0.5, 0.6) is 5.75 Å². The van der Waals surface area contributed by atoms with Crippen LogP contribution in [0.4, 0.5) is 0 Å². The molecule has 0 aromatic heterocycles. The summed E-state index contributed by atoms with van der Waals surface area (Å²) in [5, 5.41) is 9.52. The van der Waals surface area contributed by atoms with Gasteiger partial charge in [-0.1, -0.05) is 22.0 Å². The molecule has 1 aromatic carbocycles. The zero-order valence-electron chi connectivity index (χ0n) is 8.53. The number of aliphatic hydroxyl groups is 1. The molecular formula is C12H13BrO2. The summed E-state index contributed by atoms with van der Waals surface area (Å²) in [7, 11) is 0. The molecule has 15 heavy (non-hydrogen) atoms. The monoisotopic (exact) mass is 268 g/mol. The Morgan fingerprint density at radius 1 is 1.60 bits per heavy atom. The van der Waals surface area contributed by atoms with Crippen LogP contribution >= 0.6 is 15.9 Å². The molecule has 1 atom stereocenters. The summed E-state index contributed by atoms with van der Waals surface area (Å²) in [6.45, 7) is 2.17. The van der Waals surface area contributed by atoms with Gasteiger partial charge in [0.05, 0.1) is 12.7 Å². The molecule has 0 radical (unpaired) electrons. The Balaban J connectivity index is 2.83. The quantitative estimate of drug-likeness (QED) is 0.672. The van der Waals surface area contributed by atoms with Gasteiger partial charge in [0.2, 0.25) is 0 Å². The molecule has 3 heteroatoms. The average molecular weight is 269 g/mol. The van der Waals surface area contributed by atoms with E-state index in [0.717, 1.165) is 10.0 Å². The van der Waals surface area contributed by atoms with Gasteiger partial charge in [0.15, 0.2) is 0 Å². The van der Waals surface area contributed by atoms with Crippen molar-refractivity contribution in [2.45, 2.75) is 19.4 Å². The number of ether oxygens (including phenoxy) is 1. The Bertz CT molecular complexity index is 366. The smallest absolute Gasteiger partial charge is 0.126 e.